The Hall–Kier alpha value is -1.49. The summed E-state index contributed by atoms with van der Waals surface area (Å²) in [6, 6.07) is 1.95. The number of piperazine rings is 1. The van der Waals surface area contributed by atoms with Crippen LogP contribution in [-0.4, -0.2) is 72.1 Å². The summed E-state index contributed by atoms with van der Waals surface area (Å²) in [5.74, 6) is 1.21. The molecule has 3 rings (SSSR count). The van der Waals surface area contributed by atoms with E-state index >= 15 is 0 Å². The number of hydrogen-bond acceptors (Lipinski definition) is 7. The van der Waals surface area contributed by atoms with Crippen LogP contribution in [0.25, 0.3) is 11.4 Å². The van der Waals surface area contributed by atoms with Crippen LogP contribution in [0.1, 0.15) is 12.3 Å². The van der Waals surface area contributed by atoms with Gasteiger partial charge in [-0.1, -0.05) is 5.16 Å². The van der Waals surface area contributed by atoms with Crippen LogP contribution < -0.4 is 0 Å². The SMILES string of the molecule is FC(F)(F)COCCCN1CCN(Cc2nc(-c3ccsc3)no2)CC1. The van der Waals surface area contributed by atoms with E-state index in [0.29, 0.717) is 24.7 Å². The molecule has 0 aromatic carbocycles. The zero-order valence-corrected chi connectivity index (χ0v) is 15.1. The minimum Gasteiger partial charge on any atom is -0.372 e. The molecule has 0 atom stereocenters. The molecule has 1 fully saturated rings. The smallest absolute Gasteiger partial charge is 0.372 e. The summed E-state index contributed by atoms with van der Waals surface area (Å²) in [5, 5.41) is 7.95. The van der Waals surface area contributed by atoms with Gasteiger partial charge < -0.3 is 14.2 Å². The van der Waals surface area contributed by atoms with Gasteiger partial charge >= 0.3 is 6.18 Å². The van der Waals surface area contributed by atoms with Crippen molar-refractivity contribution in [3.8, 4) is 11.4 Å². The van der Waals surface area contributed by atoms with E-state index in [-0.39, 0.29) is 6.61 Å². The molecule has 0 amide bonds. The van der Waals surface area contributed by atoms with Gasteiger partial charge in [-0.15, -0.1) is 0 Å². The minimum atomic E-state index is -4.25. The highest BCUT2D eigenvalue weighted by Gasteiger charge is 2.27. The molecule has 0 N–H and O–H groups in total. The fraction of sp³-hybridized carbons (Fsp3) is 0.625. The maximum absolute atomic E-state index is 12.0. The van der Waals surface area contributed by atoms with E-state index in [2.05, 4.69) is 24.7 Å². The summed E-state index contributed by atoms with van der Waals surface area (Å²) in [6.07, 6.45) is -3.65. The van der Waals surface area contributed by atoms with Crippen molar-refractivity contribution in [1.82, 2.24) is 19.9 Å². The van der Waals surface area contributed by atoms with Gasteiger partial charge in [0.1, 0.15) is 6.61 Å². The third-order valence-corrected chi connectivity index (χ3v) is 4.78. The molecule has 26 heavy (non-hydrogen) atoms. The first-order valence-corrected chi connectivity index (χ1v) is 9.38. The summed E-state index contributed by atoms with van der Waals surface area (Å²) in [5.41, 5.74) is 0.961. The number of ether oxygens (including phenoxy) is 1. The van der Waals surface area contributed by atoms with Crippen LogP contribution >= 0.6 is 11.3 Å². The molecule has 0 unspecified atom stereocenters. The maximum atomic E-state index is 12.0. The summed E-state index contributed by atoms with van der Waals surface area (Å²) >= 11 is 1.59. The molecule has 2 aromatic rings. The minimum absolute atomic E-state index is 0.132. The number of halogens is 3. The van der Waals surface area contributed by atoms with Crippen LogP contribution in [0.3, 0.4) is 0 Å². The third kappa shape index (κ3) is 6.04. The van der Waals surface area contributed by atoms with Gasteiger partial charge in [-0.05, 0) is 17.9 Å². The predicted octanol–water partition coefficient (Wildman–Crippen LogP) is 2.88. The number of nitrogens with zero attached hydrogens (tertiary/aromatic N) is 4. The standard InChI is InChI=1S/C16H21F3N4O2S/c17-16(18,19)12-24-8-1-3-22-4-6-23(7-5-22)10-14-20-15(21-25-14)13-2-9-26-11-13/h2,9,11H,1,3-8,10,12H2. The van der Waals surface area contributed by atoms with Crippen molar-refractivity contribution in [2.45, 2.75) is 19.1 Å². The molecule has 1 aliphatic rings. The second kappa shape index (κ2) is 8.94. The Bertz CT molecular complexity index is 655. The number of aromatic nitrogens is 2. The molecule has 10 heteroatoms. The lowest BCUT2D eigenvalue weighted by atomic mass is 10.3. The molecule has 3 heterocycles. The normalized spacial score (nSPS) is 17.0. The van der Waals surface area contributed by atoms with Crippen LogP contribution in [0.15, 0.2) is 21.3 Å². The first-order chi connectivity index (χ1) is 12.5. The van der Waals surface area contributed by atoms with Crippen molar-refractivity contribution < 1.29 is 22.4 Å². The van der Waals surface area contributed by atoms with Crippen LogP contribution in [0, 0.1) is 0 Å². The molecule has 0 spiro atoms. The van der Waals surface area contributed by atoms with Crippen LogP contribution in [0.4, 0.5) is 13.2 Å². The van der Waals surface area contributed by atoms with E-state index in [0.717, 1.165) is 38.3 Å². The largest absolute Gasteiger partial charge is 0.411 e. The highest BCUT2D eigenvalue weighted by atomic mass is 32.1. The lowest BCUT2D eigenvalue weighted by molar-refractivity contribution is -0.174. The quantitative estimate of drug-likeness (QED) is 0.646. The van der Waals surface area contributed by atoms with Gasteiger partial charge in [-0.3, -0.25) is 4.90 Å². The molecule has 0 radical (unpaired) electrons. The van der Waals surface area contributed by atoms with Gasteiger partial charge in [-0.2, -0.15) is 29.5 Å². The molecular formula is C16H21F3N4O2S. The number of thiophene rings is 1. The van der Waals surface area contributed by atoms with E-state index in [1.165, 1.54) is 0 Å². The topological polar surface area (TPSA) is 54.6 Å². The lowest BCUT2D eigenvalue weighted by Crippen LogP contribution is -2.46. The summed E-state index contributed by atoms with van der Waals surface area (Å²) in [4.78, 5) is 8.89. The van der Waals surface area contributed by atoms with Gasteiger partial charge in [-0.25, -0.2) is 0 Å². The summed E-state index contributed by atoms with van der Waals surface area (Å²) < 4.78 is 45.9. The zero-order chi connectivity index (χ0) is 18.4. The van der Waals surface area contributed by atoms with Crippen molar-refractivity contribution in [2.24, 2.45) is 0 Å². The van der Waals surface area contributed by atoms with Crippen LogP contribution in [0.5, 0.6) is 0 Å². The Morgan fingerprint density at radius 3 is 2.65 bits per heavy atom. The Morgan fingerprint density at radius 1 is 1.19 bits per heavy atom. The van der Waals surface area contributed by atoms with Gasteiger partial charge in [0.2, 0.25) is 11.7 Å². The van der Waals surface area contributed by atoms with E-state index in [4.69, 9.17) is 4.52 Å². The molecule has 0 aliphatic carbocycles. The van der Waals surface area contributed by atoms with Crippen molar-refractivity contribution >= 4 is 11.3 Å². The average molecular weight is 390 g/mol. The average Bonchev–Trinajstić information content (AvgIpc) is 3.26. The van der Waals surface area contributed by atoms with Gasteiger partial charge in [0.25, 0.3) is 0 Å². The predicted molar refractivity (Wildman–Crippen MR) is 90.8 cm³/mol. The number of rotatable bonds is 8. The first-order valence-electron chi connectivity index (χ1n) is 8.44. The highest BCUT2D eigenvalue weighted by Crippen LogP contribution is 2.19. The second-order valence-electron chi connectivity index (χ2n) is 6.16. The summed E-state index contributed by atoms with van der Waals surface area (Å²) in [6.45, 7) is 3.77. The van der Waals surface area contributed by atoms with Crippen LogP contribution in [-0.2, 0) is 11.3 Å². The highest BCUT2D eigenvalue weighted by molar-refractivity contribution is 7.08. The van der Waals surface area contributed by atoms with Crippen molar-refractivity contribution in [3.63, 3.8) is 0 Å². The van der Waals surface area contributed by atoms with Crippen molar-refractivity contribution in [1.29, 1.82) is 0 Å². The second-order valence-corrected chi connectivity index (χ2v) is 6.94. The fourth-order valence-electron chi connectivity index (χ4n) is 2.77. The summed E-state index contributed by atoms with van der Waals surface area (Å²) in [7, 11) is 0. The zero-order valence-electron chi connectivity index (χ0n) is 14.2. The molecule has 2 aromatic heterocycles. The Balaban J connectivity index is 1.33. The van der Waals surface area contributed by atoms with Crippen molar-refractivity contribution in [3.05, 3.63) is 22.7 Å². The third-order valence-electron chi connectivity index (χ3n) is 4.10. The lowest BCUT2D eigenvalue weighted by Gasteiger charge is -2.33. The molecule has 0 saturated carbocycles. The van der Waals surface area contributed by atoms with Gasteiger partial charge in [0.15, 0.2) is 0 Å². The monoisotopic (exact) mass is 390 g/mol. The fourth-order valence-corrected chi connectivity index (χ4v) is 3.40. The van der Waals surface area contributed by atoms with Gasteiger partial charge in [0, 0.05) is 50.3 Å². The van der Waals surface area contributed by atoms with Crippen molar-refractivity contribution in [2.75, 3.05) is 45.9 Å². The Kier molecular flexibility index (Phi) is 6.63. The van der Waals surface area contributed by atoms with E-state index < -0.39 is 12.8 Å². The van der Waals surface area contributed by atoms with E-state index in [1.807, 2.05) is 16.8 Å². The Morgan fingerprint density at radius 2 is 1.96 bits per heavy atom. The molecular weight excluding hydrogens is 369 g/mol. The number of alkyl halides is 3. The van der Waals surface area contributed by atoms with E-state index in [1.54, 1.807) is 11.3 Å². The molecule has 6 nitrogen and oxygen atoms in total. The van der Waals surface area contributed by atoms with E-state index in [9.17, 15) is 13.2 Å². The maximum Gasteiger partial charge on any atom is 0.411 e. The Labute approximate surface area is 153 Å². The molecule has 1 aliphatic heterocycles. The van der Waals surface area contributed by atoms with Gasteiger partial charge in [0.05, 0.1) is 6.54 Å². The first kappa shape index (κ1) is 19.3. The number of hydrogen-bond donors (Lipinski definition) is 0. The molecule has 144 valence electrons. The molecule has 1 saturated heterocycles. The molecule has 0 bridgehead atoms. The van der Waals surface area contributed by atoms with Crippen LogP contribution in [0.2, 0.25) is 0 Å².